The van der Waals surface area contributed by atoms with E-state index in [0.717, 1.165) is 29.9 Å². The molecule has 0 radical (unpaired) electrons. The fraction of sp³-hybridized carbons (Fsp3) is 0.667. The Hall–Kier alpha value is -0.470. The highest BCUT2D eigenvalue weighted by Gasteiger charge is 2.27. The van der Waals surface area contributed by atoms with Crippen molar-refractivity contribution < 1.29 is 13.2 Å². The molecule has 1 unspecified atom stereocenters. The molecule has 1 aromatic heterocycles. The van der Waals surface area contributed by atoms with E-state index in [1.165, 1.54) is 15.6 Å². The summed E-state index contributed by atoms with van der Waals surface area (Å²) in [6, 6.07) is 1.70. The highest BCUT2D eigenvalue weighted by atomic mass is 32.2. The quantitative estimate of drug-likeness (QED) is 0.890. The molecule has 2 rings (SSSR count). The van der Waals surface area contributed by atoms with Gasteiger partial charge in [-0.3, -0.25) is 0 Å². The fourth-order valence-corrected chi connectivity index (χ4v) is 5.03. The van der Waals surface area contributed by atoms with Crippen molar-refractivity contribution >= 4 is 21.4 Å². The molecule has 19 heavy (non-hydrogen) atoms. The molecule has 0 amide bonds. The van der Waals surface area contributed by atoms with Gasteiger partial charge in [-0.1, -0.05) is 0 Å². The molecule has 1 fully saturated rings. The number of nitrogens with two attached hydrogens (primary N) is 1. The first-order valence-electron chi connectivity index (χ1n) is 6.32. The summed E-state index contributed by atoms with van der Waals surface area (Å²) in [4.78, 5) is 0.920. The Labute approximate surface area is 118 Å². The molecule has 2 N–H and O–H groups in total. The molecular weight excluding hydrogens is 284 g/mol. The lowest BCUT2D eigenvalue weighted by Crippen LogP contribution is -2.33. The first-order valence-corrected chi connectivity index (χ1v) is 8.58. The summed E-state index contributed by atoms with van der Waals surface area (Å²) in [6.45, 7) is 3.41. The molecule has 0 bridgehead atoms. The van der Waals surface area contributed by atoms with Gasteiger partial charge in [-0.15, -0.1) is 11.3 Å². The molecular formula is C12H20N2O3S2. The third-order valence-corrected chi connectivity index (χ3v) is 6.86. The Bertz CT molecular complexity index is 533. The van der Waals surface area contributed by atoms with E-state index >= 15 is 0 Å². The first kappa shape index (κ1) is 14.9. The summed E-state index contributed by atoms with van der Waals surface area (Å²) in [5.74, 6) is 0. The van der Waals surface area contributed by atoms with Gasteiger partial charge in [0, 0.05) is 31.6 Å². The average molecular weight is 304 g/mol. The monoisotopic (exact) mass is 304 g/mol. The van der Waals surface area contributed by atoms with Gasteiger partial charge in [-0.25, -0.2) is 8.42 Å². The van der Waals surface area contributed by atoms with Gasteiger partial charge in [-0.2, -0.15) is 4.31 Å². The summed E-state index contributed by atoms with van der Waals surface area (Å²) < 4.78 is 32.1. The zero-order chi connectivity index (χ0) is 14.0. The van der Waals surface area contributed by atoms with Crippen LogP contribution < -0.4 is 5.73 Å². The van der Waals surface area contributed by atoms with Crippen LogP contribution in [0.3, 0.4) is 0 Å². The summed E-state index contributed by atoms with van der Waals surface area (Å²) in [5.41, 5.74) is 6.54. The lowest BCUT2D eigenvalue weighted by Gasteiger charge is -2.19. The fourth-order valence-electron chi connectivity index (χ4n) is 2.15. The molecule has 0 spiro atoms. The van der Waals surface area contributed by atoms with Gasteiger partial charge in [-0.05, 0) is 31.4 Å². The van der Waals surface area contributed by atoms with Crippen molar-refractivity contribution in [3.8, 4) is 0 Å². The summed E-state index contributed by atoms with van der Waals surface area (Å²) in [7, 11) is -1.82. The van der Waals surface area contributed by atoms with Crippen LogP contribution in [0.5, 0.6) is 0 Å². The number of ether oxygens (including phenoxy) is 1. The second kappa shape index (κ2) is 5.88. The van der Waals surface area contributed by atoms with Gasteiger partial charge >= 0.3 is 0 Å². The standard InChI is InChI=1S/C12H20N2O3S2/c1-9-6-12(18-11(9)7-13)19(15,16)14(2)8-10-4-3-5-17-10/h6,10H,3-5,7-8,13H2,1-2H3. The van der Waals surface area contributed by atoms with E-state index in [0.29, 0.717) is 17.3 Å². The molecule has 2 heterocycles. The second-order valence-corrected chi connectivity index (χ2v) is 8.20. The lowest BCUT2D eigenvalue weighted by atomic mass is 10.2. The van der Waals surface area contributed by atoms with Gasteiger partial charge in [0.2, 0.25) is 0 Å². The number of hydrogen-bond donors (Lipinski definition) is 1. The van der Waals surface area contributed by atoms with Gasteiger partial charge in [0.25, 0.3) is 10.0 Å². The van der Waals surface area contributed by atoms with Crippen molar-refractivity contribution in [2.24, 2.45) is 5.73 Å². The van der Waals surface area contributed by atoms with Crippen LogP contribution in [0.1, 0.15) is 23.3 Å². The molecule has 108 valence electrons. The molecule has 1 aliphatic rings. The van der Waals surface area contributed by atoms with Crippen LogP contribution in [0.15, 0.2) is 10.3 Å². The minimum absolute atomic E-state index is 0.0230. The molecule has 0 saturated carbocycles. The SMILES string of the molecule is Cc1cc(S(=O)(=O)N(C)CC2CCCO2)sc1CN. The number of nitrogens with zero attached hydrogens (tertiary/aromatic N) is 1. The molecule has 0 aliphatic carbocycles. The maximum Gasteiger partial charge on any atom is 0.252 e. The third kappa shape index (κ3) is 3.17. The number of aryl methyl sites for hydroxylation is 1. The molecule has 7 heteroatoms. The highest BCUT2D eigenvalue weighted by Crippen LogP contribution is 2.28. The van der Waals surface area contributed by atoms with E-state index in [9.17, 15) is 8.42 Å². The largest absolute Gasteiger partial charge is 0.377 e. The smallest absolute Gasteiger partial charge is 0.252 e. The van der Waals surface area contributed by atoms with Gasteiger partial charge in [0.1, 0.15) is 4.21 Å². The Morgan fingerprint density at radius 3 is 2.84 bits per heavy atom. The summed E-state index contributed by atoms with van der Waals surface area (Å²) >= 11 is 1.26. The van der Waals surface area contributed by atoms with E-state index in [-0.39, 0.29) is 6.10 Å². The first-order chi connectivity index (χ1) is 8.95. The predicted octanol–water partition coefficient (Wildman–Crippen LogP) is 1.31. The van der Waals surface area contributed by atoms with Crippen LogP contribution in [-0.2, 0) is 21.3 Å². The summed E-state index contributed by atoms with van der Waals surface area (Å²) in [6.07, 6.45) is 1.96. The topological polar surface area (TPSA) is 72.6 Å². The van der Waals surface area contributed by atoms with E-state index in [1.807, 2.05) is 6.92 Å². The number of hydrogen-bond acceptors (Lipinski definition) is 5. The van der Waals surface area contributed by atoms with Crippen LogP contribution in [0.25, 0.3) is 0 Å². The number of sulfonamides is 1. The molecule has 1 saturated heterocycles. The van der Waals surface area contributed by atoms with E-state index < -0.39 is 10.0 Å². The zero-order valence-corrected chi connectivity index (χ0v) is 12.9. The van der Waals surface area contributed by atoms with Gasteiger partial charge in [0.05, 0.1) is 6.10 Å². The molecule has 5 nitrogen and oxygen atoms in total. The van der Waals surface area contributed by atoms with Crippen LogP contribution >= 0.6 is 11.3 Å². The third-order valence-electron chi connectivity index (χ3n) is 3.33. The summed E-state index contributed by atoms with van der Waals surface area (Å²) in [5, 5.41) is 0. The van der Waals surface area contributed by atoms with Crippen molar-refractivity contribution in [3.05, 3.63) is 16.5 Å². The molecule has 1 aliphatic heterocycles. The maximum absolute atomic E-state index is 12.4. The average Bonchev–Trinajstić information content (AvgIpc) is 2.98. The molecule has 1 atom stereocenters. The number of rotatable bonds is 5. The van der Waals surface area contributed by atoms with Crippen molar-refractivity contribution in [1.29, 1.82) is 0 Å². The van der Waals surface area contributed by atoms with Crippen molar-refractivity contribution in [3.63, 3.8) is 0 Å². The Kier molecular flexibility index (Phi) is 4.62. The van der Waals surface area contributed by atoms with E-state index in [2.05, 4.69) is 0 Å². The number of thiophene rings is 1. The van der Waals surface area contributed by atoms with Crippen LogP contribution in [0, 0.1) is 6.92 Å². The van der Waals surface area contributed by atoms with Crippen molar-refractivity contribution in [2.45, 2.75) is 36.6 Å². The van der Waals surface area contributed by atoms with Crippen LogP contribution in [0.2, 0.25) is 0 Å². The van der Waals surface area contributed by atoms with Crippen molar-refractivity contribution in [2.75, 3.05) is 20.2 Å². The number of likely N-dealkylation sites (N-methyl/N-ethyl adjacent to an activating group) is 1. The Morgan fingerprint density at radius 2 is 2.32 bits per heavy atom. The Morgan fingerprint density at radius 1 is 1.58 bits per heavy atom. The van der Waals surface area contributed by atoms with Crippen LogP contribution in [0.4, 0.5) is 0 Å². The maximum atomic E-state index is 12.4. The highest BCUT2D eigenvalue weighted by molar-refractivity contribution is 7.91. The normalized spacial score (nSPS) is 20.3. The van der Waals surface area contributed by atoms with Crippen LogP contribution in [-0.4, -0.2) is 39.0 Å². The second-order valence-electron chi connectivity index (χ2n) is 4.80. The molecule has 0 aromatic carbocycles. The van der Waals surface area contributed by atoms with Gasteiger partial charge in [0.15, 0.2) is 0 Å². The van der Waals surface area contributed by atoms with Gasteiger partial charge < -0.3 is 10.5 Å². The Balaban J connectivity index is 2.15. The lowest BCUT2D eigenvalue weighted by molar-refractivity contribution is 0.0979. The van der Waals surface area contributed by atoms with E-state index in [4.69, 9.17) is 10.5 Å². The minimum Gasteiger partial charge on any atom is -0.377 e. The minimum atomic E-state index is -3.42. The zero-order valence-electron chi connectivity index (χ0n) is 11.3. The van der Waals surface area contributed by atoms with E-state index in [1.54, 1.807) is 13.1 Å². The van der Waals surface area contributed by atoms with Crippen molar-refractivity contribution in [1.82, 2.24) is 4.31 Å². The predicted molar refractivity (Wildman–Crippen MR) is 75.7 cm³/mol. The molecule has 1 aromatic rings.